The second-order valence-corrected chi connectivity index (χ2v) is 28.8. The number of hydrogen-bond donors (Lipinski definition) is 1. The van der Waals surface area contributed by atoms with E-state index >= 15 is 0 Å². The van der Waals surface area contributed by atoms with Crippen LogP contribution in [0.3, 0.4) is 0 Å². The Morgan fingerprint density at radius 3 is 0.936 bits per heavy atom. The highest BCUT2D eigenvalue weighted by atomic mass is 15.4. The highest BCUT2D eigenvalue weighted by molar-refractivity contribution is 5.96. The number of rotatable bonds is 12. The number of para-hydroxylation sites is 24. The van der Waals surface area contributed by atoms with Gasteiger partial charge in [0, 0.05) is 13.1 Å². The van der Waals surface area contributed by atoms with Crippen molar-refractivity contribution >= 4 is 167 Å². The van der Waals surface area contributed by atoms with Crippen LogP contribution < -0.4 is 4.57 Å². The number of aromatic amines is 1. The summed E-state index contributed by atoms with van der Waals surface area (Å²) < 4.78 is 27.8. The number of nitrogens with one attached hydrogen (secondary N) is 1. The lowest BCUT2D eigenvalue weighted by Crippen LogP contribution is -2.45. The molecule has 1 saturated heterocycles. The summed E-state index contributed by atoms with van der Waals surface area (Å²) in [5, 5.41) is 0. The Hall–Kier alpha value is -13.9. The highest BCUT2D eigenvalue weighted by Crippen LogP contribution is 2.34. The monoisotopic (exact) mass is 1420 g/mol. The molecule has 21 nitrogen and oxygen atoms in total. The number of likely N-dealkylation sites (tertiary alicyclic amines) is 1. The SMILES string of the molecule is CN(Cn1c2ccccc2n2c3ccccc3nc12)Cn1c2ccccc2n2c3ccccc3nc12.c1ccc2c(c1)nc1n(CN(Cn3c4ccccc4n4c5ccccc5nc34)C[n+]3c4ccccc4n4c5ccccc5[nH]c43)c3ccccc3n21.c1ccc2c(c1)nc1n(CN3CCC3)c3ccccc3n21. The number of nitrogens with zero attached hydrogens (tertiary/aromatic N) is 20. The largest absolute Gasteiger partial charge is 0.369 e. The Balaban J connectivity index is 0.000000108. The first-order chi connectivity index (χ1) is 54.0. The van der Waals surface area contributed by atoms with Crippen LogP contribution in [0.2, 0.25) is 0 Å². The van der Waals surface area contributed by atoms with Gasteiger partial charge in [-0.15, -0.1) is 0 Å². The molecule has 25 rings (SSSR count). The Labute approximate surface area is 619 Å². The summed E-state index contributed by atoms with van der Waals surface area (Å²) in [7, 11) is 2.15. The number of fused-ring (bicyclic) bond motifs is 30. The zero-order valence-corrected chi connectivity index (χ0v) is 59.5. The Morgan fingerprint density at radius 1 is 0.294 bits per heavy atom. The molecule has 1 aliphatic heterocycles. The van der Waals surface area contributed by atoms with Crippen LogP contribution in [0.25, 0.3) is 167 Å². The van der Waals surface area contributed by atoms with Gasteiger partial charge in [0.15, 0.2) is 0 Å². The van der Waals surface area contributed by atoms with Gasteiger partial charge in [-0.1, -0.05) is 146 Å². The van der Waals surface area contributed by atoms with E-state index in [-0.39, 0.29) is 0 Å². The van der Waals surface area contributed by atoms with Crippen LogP contribution in [0.1, 0.15) is 6.42 Å². The van der Waals surface area contributed by atoms with E-state index in [0.29, 0.717) is 33.3 Å². The van der Waals surface area contributed by atoms with Crippen LogP contribution >= 0.6 is 0 Å². The molecule has 0 radical (unpaired) electrons. The van der Waals surface area contributed by atoms with Crippen LogP contribution in [0.4, 0.5) is 0 Å². The van der Waals surface area contributed by atoms with Crippen LogP contribution in [0.5, 0.6) is 0 Å². The van der Waals surface area contributed by atoms with E-state index in [2.05, 4.69) is 360 Å². The molecule has 109 heavy (non-hydrogen) atoms. The molecular formula is C88H70N21+. The van der Waals surface area contributed by atoms with Gasteiger partial charge in [0.2, 0.25) is 28.9 Å². The van der Waals surface area contributed by atoms with Crippen molar-refractivity contribution in [2.24, 2.45) is 0 Å². The van der Waals surface area contributed by atoms with Crippen molar-refractivity contribution in [3.63, 3.8) is 0 Å². The summed E-state index contributed by atoms with van der Waals surface area (Å²) in [5.41, 5.74) is 27.0. The molecule has 0 aliphatic carbocycles. The summed E-state index contributed by atoms with van der Waals surface area (Å²) in [6, 6.07) is 102. The minimum atomic E-state index is 0.581. The molecule has 12 aromatic carbocycles. The van der Waals surface area contributed by atoms with Gasteiger partial charge in [0.1, 0.15) is 28.7 Å². The van der Waals surface area contributed by atoms with E-state index in [1.165, 1.54) is 58.1 Å². The molecule has 0 unspecified atom stereocenters. The average molecular weight is 1420 g/mol. The molecule has 13 heterocycles. The molecule has 0 atom stereocenters. The van der Waals surface area contributed by atoms with Gasteiger partial charge in [-0.05, 0) is 159 Å². The second kappa shape index (κ2) is 24.1. The third-order valence-corrected chi connectivity index (χ3v) is 22.3. The Kier molecular flexibility index (Phi) is 13.6. The first kappa shape index (κ1) is 61.4. The van der Waals surface area contributed by atoms with Gasteiger partial charge in [0.25, 0.3) is 0 Å². The van der Waals surface area contributed by atoms with Crippen molar-refractivity contribution in [2.45, 2.75) is 46.4 Å². The zero-order chi connectivity index (χ0) is 71.5. The Bertz CT molecular complexity index is 7240. The third-order valence-electron chi connectivity index (χ3n) is 22.3. The molecule has 0 amide bonds. The van der Waals surface area contributed by atoms with Crippen molar-refractivity contribution in [1.82, 2.24) is 93.8 Å². The topological polar surface area (TPSA) is 145 Å². The van der Waals surface area contributed by atoms with Crippen LogP contribution in [-0.4, -0.2) is 114 Å². The number of hydrogen-bond acceptors (Lipinski definition) is 8. The van der Waals surface area contributed by atoms with E-state index < -0.39 is 0 Å². The van der Waals surface area contributed by atoms with Crippen LogP contribution in [0, 0.1) is 0 Å². The van der Waals surface area contributed by atoms with Crippen molar-refractivity contribution in [3.8, 4) is 0 Å². The second-order valence-electron chi connectivity index (χ2n) is 28.8. The summed E-state index contributed by atoms with van der Waals surface area (Å²) in [6.07, 6.45) is 1.31. The van der Waals surface area contributed by atoms with Gasteiger partial charge in [0.05, 0.1) is 144 Å². The maximum atomic E-state index is 5.22. The predicted octanol–water partition coefficient (Wildman–Crippen LogP) is 16.8. The van der Waals surface area contributed by atoms with E-state index in [0.717, 1.165) is 135 Å². The molecule has 1 aliphatic rings. The molecular weight excluding hydrogens is 1350 g/mol. The minimum absolute atomic E-state index is 0.581. The van der Waals surface area contributed by atoms with E-state index in [9.17, 15) is 0 Å². The zero-order valence-electron chi connectivity index (χ0n) is 59.5. The number of H-pyrrole nitrogens is 1. The fourth-order valence-corrected chi connectivity index (χ4v) is 17.4. The van der Waals surface area contributed by atoms with Crippen molar-refractivity contribution < 1.29 is 4.57 Å². The number of benzene rings is 12. The maximum absolute atomic E-state index is 5.22. The number of imidazole rings is 12. The minimum Gasteiger partial charge on any atom is -0.296 e. The first-order valence-electron chi connectivity index (χ1n) is 37.2. The lowest BCUT2D eigenvalue weighted by atomic mass is 10.2. The molecule has 12 aromatic heterocycles. The molecule has 21 heteroatoms. The van der Waals surface area contributed by atoms with Gasteiger partial charge >= 0.3 is 5.78 Å². The van der Waals surface area contributed by atoms with Crippen LogP contribution in [-0.2, 0) is 40.0 Å². The third kappa shape index (κ3) is 9.36. The smallest absolute Gasteiger partial charge is 0.296 e. The van der Waals surface area contributed by atoms with E-state index in [1.54, 1.807) is 0 Å². The molecule has 1 N–H and O–H groups in total. The van der Waals surface area contributed by atoms with E-state index in [4.69, 9.17) is 24.9 Å². The lowest BCUT2D eigenvalue weighted by molar-refractivity contribution is -0.671. The molecule has 526 valence electrons. The summed E-state index contributed by atoms with van der Waals surface area (Å²) in [5.74, 6) is 5.84. The number of aromatic nitrogens is 18. The standard InChI is InChI=1S/C42H30N10.C29H23N7.C17H16N4/c1-4-16-31-28(13-1)43-40-47(34-19-7-10-22-37(34)50(31)40)25-46(26-48-35-20-8-11-23-38(35)51-32-17-5-2-14-29(32)44-41(48)51)27-49-36-21-9-12-24-39(36)52-33-18-6-3-15-30(33)45-42(49)52;1-32(18-33-24-14-6-8-16-26(24)35-22-12-4-2-10-20(22)30-28(33)35)19-34-25-15-7-9-17-27(25)36-23-13-5-3-11-21(23)31-29(34)36;1-2-7-14-13(6-1)18-17-20(12-19-10-5-11-19)15-8-3-4-9-16(15)21(14)17/h1-24H,25-27H2;2-17H,18-19H2,1H3;1-4,6-9H,5,10-12H2/p+1. The summed E-state index contributed by atoms with van der Waals surface area (Å²) in [4.78, 5) is 36.4. The average Bonchev–Trinajstić information content (AvgIpc) is 1.60. The molecule has 24 aromatic rings. The quantitative estimate of drug-likeness (QED) is 0.119. The van der Waals surface area contributed by atoms with Gasteiger partial charge < -0.3 is 0 Å². The molecule has 1 fully saturated rings. The molecule has 0 saturated carbocycles. The Morgan fingerprint density at radius 2 is 0.578 bits per heavy atom. The highest BCUT2D eigenvalue weighted by Gasteiger charge is 2.29. The molecule has 0 spiro atoms. The van der Waals surface area contributed by atoms with Crippen molar-refractivity contribution in [1.29, 1.82) is 0 Å². The van der Waals surface area contributed by atoms with Gasteiger partial charge in [-0.25, -0.2) is 39.4 Å². The fraction of sp³-hybridized carbons (Fsp3) is 0.114. The van der Waals surface area contributed by atoms with Crippen molar-refractivity contribution in [2.75, 3.05) is 20.1 Å². The lowest BCUT2D eigenvalue weighted by Gasteiger charge is -2.31. The normalized spacial score (nSPS) is 13.2. The maximum Gasteiger partial charge on any atom is 0.369 e. The van der Waals surface area contributed by atoms with E-state index in [1.807, 2.05) is 12.1 Å². The van der Waals surface area contributed by atoms with Gasteiger partial charge in [-0.3, -0.25) is 54.6 Å². The molecule has 0 bridgehead atoms. The fourth-order valence-electron chi connectivity index (χ4n) is 17.4. The van der Waals surface area contributed by atoms with Crippen molar-refractivity contribution in [3.05, 3.63) is 291 Å². The first-order valence-corrected chi connectivity index (χ1v) is 37.2. The summed E-state index contributed by atoms with van der Waals surface area (Å²) >= 11 is 0. The summed E-state index contributed by atoms with van der Waals surface area (Å²) in [6.45, 7) is 6.47. The predicted molar refractivity (Wildman–Crippen MR) is 434 cm³/mol. The van der Waals surface area contributed by atoms with Crippen LogP contribution in [0.15, 0.2) is 291 Å². The van der Waals surface area contributed by atoms with Gasteiger partial charge in [-0.2, -0.15) is 4.40 Å².